The lowest BCUT2D eigenvalue weighted by molar-refractivity contribution is -0.388. The van der Waals surface area contributed by atoms with Gasteiger partial charge in [-0.25, -0.2) is 0 Å². The molecule has 0 fully saturated rings. The van der Waals surface area contributed by atoms with Gasteiger partial charge in [-0.05, 0) is 6.92 Å². The first kappa shape index (κ1) is 11.8. The minimum atomic E-state index is -4.85. The smallest absolute Gasteiger partial charge is 0.258 e. The van der Waals surface area contributed by atoms with Crippen LogP contribution < -0.4 is 0 Å². The fraction of sp³-hybridized carbons (Fsp3) is 0.500. The van der Waals surface area contributed by atoms with Crippen molar-refractivity contribution in [3.05, 3.63) is 21.0 Å². The Bertz CT molecular complexity index is 401. The first-order valence-corrected chi connectivity index (χ1v) is 4.14. The number of hydrogen-bond donors (Lipinski definition) is 0. The summed E-state index contributed by atoms with van der Waals surface area (Å²) >= 11 is 5.26. The van der Waals surface area contributed by atoms with Crippen LogP contribution in [0.25, 0.3) is 0 Å². The zero-order valence-corrected chi connectivity index (χ0v) is 8.13. The van der Waals surface area contributed by atoms with Gasteiger partial charge in [-0.3, -0.25) is 14.8 Å². The maximum Gasteiger partial charge on any atom is 0.440 e. The van der Waals surface area contributed by atoms with Gasteiger partial charge in [0.1, 0.15) is 0 Å². The van der Waals surface area contributed by atoms with E-state index in [1.807, 2.05) is 0 Å². The lowest BCUT2D eigenvalue weighted by Gasteiger charge is -2.06. The molecule has 0 radical (unpaired) electrons. The van der Waals surface area contributed by atoms with Crippen molar-refractivity contribution in [2.24, 2.45) is 0 Å². The first-order valence-electron chi connectivity index (χ1n) is 3.77. The van der Waals surface area contributed by atoms with Crippen LogP contribution in [0.1, 0.15) is 12.6 Å². The minimum absolute atomic E-state index is 0.150. The molecule has 9 heteroatoms. The normalized spacial score (nSPS) is 11.8. The van der Waals surface area contributed by atoms with E-state index in [-0.39, 0.29) is 6.54 Å². The fourth-order valence-electron chi connectivity index (χ4n) is 1.09. The van der Waals surface area contributed by atoms with E-state index in [0.717, 1.165) is 0 Å². The SMILES string of the molecule is CCn1nc(Cl)c([N+](=O)[O-])c1C(F)(F)F. The molecule has 0 aliphatic rings. The predicted octanol–water partition coefficient (Wildman–Crippen LogP) is 2.48. The van der Waals surface area contributed by atoms with Gasteiger partial charge in [0.15, 0.2) is 0 Å². The van der Waals surface area contributed by atoms with Gasteiger partial charge in [-0.1, -0.05) is 11.6 Å². The summed E-state index contributed by atoms with van der Waals surface area (Å²) in [6.45, 7) is 1.23. The Hall–Kier alpha value is -1.31. The molecular formula is C6H5ClF3N3O2. The molecule has 0 aliphatic heterocycles. The number of nitrogens with zero attached hydrogens (tertiary/aromatic N) is 3. The van der Waals surface area contributed by atoms with Crippen LogP contribution in [0.3, 0.4) is 0 Å². The van der Waals surface area contributed by atoms with Gasteiger partial charge in [-0.2, -0.15) is 18.3 Å². The summed E-state index contributed by atoms with van der Waals surface area (Å²) in [4.78, 5) is 9.20. The molecule has 0 aliphatic carbocycles. The Morgan fingerprint density at radius 1 is 1.60 bits per heavy atom. The van der Waals surface area contributed by atoms with Crippen LogP contribution in [0, 0.1) is 10.1 Å². The molecule has 15 heavy (non-hydrogen) atoms. The Morgan fingerprint density at radius 2 is 2.13 bits per heavy atom. The monoisotopic (exact) mass is 243 g/mol. The molecule has 1 aromatic heterocycles. The Kier molecular flexibility index (Phi) is 2.89. The summed E-state index contributed by atoms with van der Waals surface area (Å²) in [6, 6.07) is 0. The van der Waals surface area contributed by atoms with Crippen LogP contribution in [0.15, 0.2) is 0 Å². The van der Waals surface area contributed by atoms with Gasteiger partial charge >= 0.3 is 11.9 Å². The number of rotatable bonds is 2. The molecule has 0 saturated heterocycles. The lowest BCUT2D eigenvalue weighted by atomic mass is 10.3. The molecule has 0 saturated carbocycles. The maximum absolute atomic E-state index is 12.4. The second-order valence-electron chi connectivity index (χ2n) is 2.56. The summed E-state index contributed by atoms with van der Waals surface area (Å²) in [6.07, 6.45) is -4.85. The highest BCUT2D eigenvalue weighted by atomic mass is 35.5. The van der Waals surface area contributed by atoms with Crippen molar-refractivity contribution in [1.82, 2.24) is 9.78 Å². The van der Waals surface area contributed by atoms with Crippen molar-refractivity contribution in [2.75, 3.05) is 0 Å². The third kappa shape index (κ3) is 2.04. The van der Waals surface area contributed by atoms with Crippen LogP contribution in [-0.4, -0.2) is 14.7 Å². The van der Waals surface area contributed by atoms with E-state index >= 15 is 0 Å². The highest BCUT2D eigenvalue weighted by Gasteiger charge is 2.45. The highest BCUT2D eigenvalue weighted by Crippen LogP contribution is 2.39. The van der Waals surface area contributed by atoms with Crippen LogP contribution >= 0.6 is 11.6 Å². The van der Waals surface area contributed by atoms with Gasteiger partial charge in [0, 0.05) is 6.54 Å². The largest absolute Gasteiger partial charge is 0.440 e. The van der Waals surface area contributed by atoms with Crippen molar-refractivity contribution < 1.29 is 18.1 Å². The summed E-state index contributed by atoms with van der Waals surface area (Å²) < 4.78 is 37.8. The molecule has 0 N–H and O–H groups in total. The summed E-state index contributed by atoms with van der Waals surface area (Å²) in [5, 5.41) is 12.9. The number of nitro groups is 1. The van der Waals surface area contributed by atoms with Gasteiger partial charge < -0.3 is 0 Å². The number of halogens is 4. The van der Waals surface area contributed by atoms with E-state index in [0.29, 0.717) is 4.68 Å². The Morgan fingerprint density at radius 3 is 2.47 bits per heavy atom. The van der Waals surface area contributed by atoms with E-state index in [2.05, 4.69) is 5.10 Å². The quantitative estimate of drug-likeness (QED) is 0.592. The Labute approximate surface area is 86.6 Å². The lowest BCUT2D eigenvalue weighted by Crippen LogP contribution is -2.15. The van der Waals surface area contributed by atoms with Gasteiger partial charge in [0.25, 0.3) is 0 Å². The molecular weight excluding hydrogens is 239 g/mol. The van der Waals surface area contributed by atoms with E-state index in [1.165, 1.54) is 6.92 Å². The molecule has 0 bridgehead atoms. The number of alkyl halides is 3. The third-order valence-corrected chi connectivity index (χ3v) is 1.89. The van der Waals surface area contributed by atoms with Crippen molar-refractivity contribution in [3.63, 3.8) is 0 Å². The van der Waals surface area contributed by atoms with Crippen LogP contribution in [0.5, 0.6) is 0 Å². The van der Waals surface area contributed by atoms with Gasteiger partial charge in [-0.15, -0.1) is 0 Å². The summed E-state index contributed by atoms with van der Waals surface area (Å²) in [5.74, 6) is 0. The molecule has 0 unspecified atom stereocenters. The molecule has 1 heterocycles. The van der Waals surface area contributed by atoms with Gasteiger partial charge in [0.2, 0.25) is 10.8 Å². The van der Waals surface area contributed by atoms with E-state index < -0.39 is 27.6 Å². The zero-order chi connectivity index (χ0) is 11.8. The number of aromatic nitrogens is 2. The van der Waals surface area contributed by atoms with E-state index in [1.54, 1.807) is 0 Å². The Balaban J connectivity index is 3.50. The highest BCUT2D eigenvalue weighted by molar-refractivity contribution is 6.31. The average molecular weight is 244 g/mol. The minimum Gasteiger partial charge on any atom is -0.258 e. The van der Waals surface area contributed by atoms with E-state index in [4.69, 9.17) is 11.6 Å². The first-order chi connectivity index (χ1) is 6.79. The molecule has 1 aromatic rings. The molecule has 0 atom stereocenters. The molecule has 1 rings (SSSR count). The standard InChI is InChI=1S/C6H5ClF3N3O2/c1-2-12-4(6(8,9)10)3(13(14)15)5(7)11-12/h2H2,1H3. The molecule has 0 spiro atoms. The second-order valence-corrected chi connectivity index (χ2v) is 2.92. The van der Waals surface area contributed by atoms with Crippen molar-refractivity contribution in [2.45, 2.75) is 19.6 Å². The molecule has 0 amide bonds. The number of aryl methyl sites for hydroxylation is 1. The fourth-order valence-corrected chi connectivity index (χ4v) is 1.34. The van der Waals surface area contributed by atoms with E-state index in [9.17, 15) is 23.3 Å². The summed E-state index contributed by atoms with van der Waals surface area (Å²) in [7, 11) is 0. The zero-order valence-electron chi connectivity index (χ0n) is 7.38. The third-order valence-electron chi connectivity index (χ3n) is 1.64. The van der Waals surface area contributed by atoms with Crippen LogP contribution in [0.4, 0.5) is 18.9 Å². The van der Waals surface area contributed by atoms with Crippen LogP contribution in [0.2, 0.25) is 5.15 Å². The number of hydrogen-bond acceptors (Lipinski definition) is 3. The van der Waals surface area contributed by atoms with Gasteiger partial charge in [0.05, 0.1) is 4.92 Å². The van der Waals surface area contributed by atoms with Crippen molar-refractivity contribution in [1.29, 1.82) is 0 Å². The van der Waals surface area contributed by atoms with Crippen molar-refractivity contribution in [3.8, 4) is 0 Å². The average Bonchev–Trinajstić information content (AvgIpc) is 2.41. The summed E-state index contributed by atoms with van der Waals surface area (Å²) in [5.41, 5.74) is -2.63. The predicted molar refractivity (Wildman–Crippen MR) is 44.6 cm³/mol. The van der Waals surface area contributed by atoms with Crippen LogP contribution in [-0.2, 0) is 12.7 Å². The molecule has 84 valence electrons. The molecule has 5 nitrogen and oxygen atoms in total. The second kappa shape index (κ2) is 3.69. The maximum atomic E-state index is 12.4. The topological polar surface area (TPSA) is 61.0 Å². The molecule has 0 aromatic carbocycles. The van der Waals surface area contributed by atoms with Crippen molar-refractivity contribution >= 4 is 17.3 Å².